The van der Waals surface area contributed by atoms with E-state index in [-0.39, 0.29) is 5.02 Å². The first kappa shape index (κ1) is 12.2. The summed E-state index contributed by atoms with van der Waals surface area (Å²) in [5.74, 6) is 0.249. The van der Waals surface area contributed by atoms with E-state index in [4.69, 9.17) is 22.1 Å². The van der Waals surface area contributed by atoms with Crippen molar-refractivity contribution in [3.63, 3.8) is 0 Å². The lowest BCUT2D eigenvalue weighted by atomic mass is 10.3. The second-order valence-corrected chi connectivity index (χ2v) is 4.60. The Hall–Kier alpha value is -1.26. The number of benzene rings is 2. The van der Waals surface area contributed by atoms with Gasteiger partial charge in [-0.05, 0) is 34.1 Å². The van der Waals surface area contributed by atoms with Crippen LogP contribution in [0.1, 0.15) is 0 Å². The summed E-state index contributed by atoms with van der Waals surface area (Å²) < 4.78 is 19.4. The van der Waals surface area contributed by atoms with Gasteiger partial charge in [-0.15, -0.1) is 0 Å². The predicted molar refractivity (Wildman–Crippen MR) is 70.0 cm³/mol. The van der Waals surface area contributed by atoms with E-state index in [1.807, 2.05) is 0 Å². The predicted octanol–water partition coefficient (Wildman–Crippen LogP) is 4.62. The summed E-state index contributed by atoms with van der Waals surface area (Å²) in [5.41, 5.74) is 6.21. The molecule has 0 saturated heterocycles. The summed E-state index contributed by atoms with van der Waals surface area (Å²) in [7, 11) is 0. The van der Waals surface area contributed by atoms with Gasteiger partial charge in [-0.3, -0.25) is 0 Å². The number of nitrogen functional groups attached to an aromatic ring is 1. The van der Waals surface area contributed by atoms with E-state index in [9.17, 15) is 4.39 Å². The van der Waals surface area contributed by atoms with Crippen LogP contribution < -0.4 is 10.5 Å². The van der Waals surface area contributed by atoms with Gasteiger partial charge in [-0.25, -0.2) is 4.39 Å². The Kier molecular flexibility index (Phi) is 3.54. The summed E-state index contributed by atoms with van der Waals surface area (Å²) >= 11 is 8.88. The van der Waals surface area contributed by atoms with Crippen molar-refractivity contribution < 1.29 is 9.13 Å². The van der Waals surface area contributed by atoms with Gasteiger partial charge in [0.2, 0.25) is 0 Å². The van der Waals surface area contributed by atoms with Crippen molar-refractivity contribution in [2.75, 3.05) is 5.73 Å². The third-order valence-corrected chi connectivity index (χ3v) is 3.02. The molecule has 88 valence electrons. The zero-order chi connectivity index (χ0) is 12.4. The third-order valence-electron chi connectivity index (χ3n) is 2.11. The van der Waals surface area contributed by atoms with Crippen LogP contribution in [0.5, 0.6) is 11.5 Å². The topological polar surface area (TPSA) is 35.2 Å². The highest BCUT2D eigenvalue weighted by Crippen LogP contribution is 2.35. The molecule has 0 spiro atoms. The molecule has 0 amide bonds. The summed E-state index contributed by atoms with van der Waals surface area (Å²) in [4.78, 5) is 0. The Morgan fingerprint density at radius 2 is 1.88 bits per heavy atom. The number of ether oxygens (including phenoxy) is 1. The number of para-hydroxylation sites is 2. The molecular formula is C12H8BrClFNO. The standard InChI is InChI=1S/C12H8BrClFNO/c13-7-5-8(14)9(15)6-12(7)17-11-4-2-1-3-10(11)16/h1-6H,16H2. The lowest BCUT2D eigenvalue weighted by molar-refractivity contribution is 0.476. The molecule has 0 heterocycles. The minimum atomic E-state index is -0.542. The van der Waals surface area contributed by atoms with Gasteiger partial charge in [-0.2, -0.15) is 0 Å². The first-order valence-corrected chi connectivity index (χ1v) is 5.92. The maximum Gasteiger partial charge on any atom is 0.150 e. The van der Waals surface area contributed by atoms with Crippen molar-refractivity contribution in [1.82, 2.24) is 0 Å². The van der Waals surface area contributed by atoms with Gasteiger partial charge in [0.15, 0.2) is 0 Å². The molecule has 5 heteroatoms. The highest BCUT2D eigenvalue weighted by molar-refractivity contribution is 9.10. The lowest BCUT2D eigenvalue weighted by Crippen LogP contribution is -1.93. The van der Waals surface area contributed by atoms with Gasteiger partial charge >= 0.3 is 0 Å². The van der Waals surface area contributed by atoms with Crippen LogP contribution in [0, 0.1) is 5.82 Å². The lowest BCUT2D eigenvalue weighted by Gasteiger charge is -2.10. The highest BCUT2D eigenvalue weighted by atomic mass is 79.9. The third kappa shape index (κ3) is 2.70. The van der Waals surface area contributed by atoms with Gasteiger partial charge in [0.05, 0.1) is 15.2 Å². The van der Waals surface area contributed by atoms with Crippen molar-refractivity contribution in [3.05, 3.63) is 51.7 Å². The molecule has 17 heavy (non-hydrogen) atoms. The van der Waals surface area contributed by atoms with Crippen LogP contribution in [0.2, 0.25) is 5.02 Å². The van der Waals surface area contributed by atoms with Gasteiger partial charge in [0.1, 0.15) is 17.3 Å². The molecule has 0 aliphatic heterocycles. The Morgan fingerprint density at radius 3 is 2.59 bits per heavy atom. The van der Waals surface area contributed by atoms with Crippen molar-refractivity contribution in [3.8, 4) is 11.5 Å². The fraction of sp³-hybridized carbons (Fsp3) is 0. The Labute approximate surface area is 111 Å². The number of halogens is 3. The van der Waals surface area contributed by atoms with Crippen LogP contribution in [-0.4, -0.2) is 0 Å². The molecule has 2 nitrogen and oxygen atoms in total. The van der Waals surface area contributed by atoms with Crippen LogP contribution in [0.15, 0.2) is 40.9 Å². The van der Waals surface area contributed by atoms with Crippen LogP contribution in [0.25, 0.3) is 0 Å². The molecule has 2 aromatic carbocycles. The first-order chi connectivity index (χ1) is 8.08. The van der Waals surface area contributed by atoms with E-state index in [1.54, 1.807) is 24.3 Å². The summed E-state index contributed by atoms with van der Waals surface area (Å²) in [6, 6.07) is 9.62. The van der Waals surface area contributed by atoms with Crippen molar-refractivity contribution in [2.45, 2.75) is 0 Å². The molecule has 2 rings (SSSR count). The average Bonchev–Trinajstić information content (AvgIpc) is 2.29. The number of rotatable bonds is 2. The minimum absolute atomic E-state index is 0.0326. The van der Waals surface area contributed by atoms with Crippen LogP contribution in [0.3, 0.4) is 0 Å². The van der Waals surface area contributed by atoms with Gasteiger partial charge in [-0.1, -0.05) is 23.7 Å². The molecule has 0 aromatic heterocycles. The molecule has 2 N–H and O–H groups in total. The summed E-state index contributed by atoms with van der Waals surface area (Å²) in [5, 5.41) is 0.0326. The van der Waals surface area contributed by atoms with E-state index in [0.29, 0.717) is 21.7 Å². The molecule has 0 atom stereocenters. The molecule has 0 saturated carbocycles. The Balaban J connectivity index is 2.37. The van der Waals surface area contributed by atoms with Crippen molar-refractivity contribution in [2.24, 2.45) is 0 Å². The molecular weight excluding hydrogens is 308 g/mol. The first-order valence-electron chi connectivity index (χ1n) is 4.75. The molecule has 0 aliphatic carbocycles. The molecule has 2 aromatic rings. The fourth-order valence-corrected chi connectivity index (χ4v) is 1.99. The monoisotopic (exact) mass is 315 g/mol. The minimum Gasteiger partial charge on any atom is -0.454 e. The van der Waals surface area contributed by atoms with E-state index >= 15 is 0 Å². The quantitative estimate of drug-likeness (QED) is 0.648. The number of hydrogen-bond acceptors (Lipinski definition) is 2. The van der Waals surface area contributed by atoms with Crippen molar-refractivity contribution >= 4 is 33.2 Å². The molecule has 0 aliphatic rings. The Bertz CT molecular complexity index is 562. The molecule has 0 bridgehead atoms. The zero-order valence-electron chi connectivity index (χ0n) is 8.58. The van der Waals surface area contributed by atoms with E-state index in [0.717, 1.165) is 0 Å². The second-order valence-electron chi connectivity index (χ2n) is 3.34. The number of nitrogens with two attached hydrogens (primary N) is 1. The van der Waals surface area contributed by atoms with Gasteiger partial charge in [0, 0.05) is 6.07 Å². The number of hydrogen-bond donors (Lipinski definition) is 1. The van der Waals surface area contributed by atoms with Gasteiger partial charge < -0.3 is 10.5 Å². The SMILES string of the molecule is Nc1ccccc1Oc1cc(F)c(Cl)cc1Br. The molecule has 0 radical (unpaired) electrons. The summed E-state index contributed by atoms with van der Waals surface area (Å²) in [6.07, 6.45) is 0. The molecule has 0 fully saturated rings. The maximum atomic E-state index is 13.3. The highest BCUT2D eigenvalue weighted by Gasteiger charge is 2.09. The number of anilines is 1. The van der Waals surface area contributed by atoms with E-state index in [1.165, 1.54) is 12.1 Å². The maximum absolute atomic E-state index is 13.3. The van der Waals surface area contributed by atoms with E-state index < -0.39 is 5.82 Å². The van der Waals surface area contributed by atoms with Crippen LogP contribution in [0.4, 0.5) is 10.1 Å². The second kappa shape index (κ2) is 4.94. The van der Waals surface area contributed by atoms with E-state index in [2.05, 4.69) is 15.9 Å². The zero-order valence-corrected chi connectivity index (χ0v) is 10.9. The Morgan fingerprint density at radius 1 is 1.18 bits per heavy atom. The van der Waals surface area contributed by atoms with Crippen LogP contribution >= 0.6 is 27.5 Å². The normalized spacial score (nSPS) is 10.3. The average molecular weight is 317 g/mol. The summed E-state index contributed by atoms with van der Waals surface area (Å²) in [6.45, 7) is 0. The van der Waals surface area contributed by atoms with Crippen molar-refractivity contribution in [1.29, 1.82) is 0 Å². The largest absolute Gasteiger partial charge is 0.454 e. The van der Waals surface area contributed by atoms with Crippen LogP contribution in [-0.2, 0) is 0 Å². The smallest absolute Gasteiger partial charge is 0.150 e. The fourth-order valence-electron chi connectivity index (χ4n) is 1.27. The molecule has 0 unspecified atom stereocenters. The van der Waals surface area contributed by atoms with Gasteiger partial charge in [0.25, 0.3) is 0 Å².